The summed E-state index contributed by atoms with van der Waals surface area (Å²) >= 11 is 0. The zero-order valence-corrected chi connectivity index (χ0v) is 7.10. The Hall–Kier alpha value is -0.370. The van der Waals surface area contributed by atoms with E-state index >= 15 is 0 Å². The SMILES string of the molecule is CC(C)C=N.CN(C)C. The van der Waals surface area contributed by atoms with E-state index in [0.717, 1.165) is 0 Å². The highest BCUT2D eigenvalue weighted by atomic mass is 15.0. The summed E-state index contributed by atoms with van der Waals surface area (Å²) in [5, 5.41) is 6.53. The van der Waals surface area contributed by atoms with Crippen LogP contribution >= 0.6 is 0 Å². The lowest BCUT2D eigenvalue weighted by Gasteiger charge is -1.90. The average Bonchev–Trinajstić information content (AvgIpc) is 1.65. The van der Waals surface area contributed by atoms with Crippen LogP contribution in [-0.2, 0) is 0 Å². The smallest absolute Gasteiger partial charge is 0.00223 e. The Morgan fingerprint density at radius 1 is 1.22 bits per heavy atom. The van der Waals surface area contributed by atoms with Gasteiger partial charge in [0.15, 0.2) is 0 Å². The van der Waals surface area contributed by atoms with Crippen molar-refractivity contribution in [2.24, 2.45) is 5.92 Å². The van der Waals surface area contributed by atoms with E-state index in [9.17, 15) is 0 Å². The molecule has 0 saturated heterocycles. The molecule has 0 aliphatic heterocycles. The maximum atomic E-state index is 6.53. The third-order valence-electron chi connectivity index (χ3n) is 0.333. The molecule has 0 unspecified atom stereocenters. The van der Waals surface area contributed by atoms with Crippen molar-refractivity contribution in [1.29, 1.82) is 5.41 Å². The fourth-order valence-corrected chi connectivity index (χ4v) is 0. The molecule has 1 N–H and O–H groups in total. The summed E-state index contributed by atoms with van der Waals surface area (Å²) < 4.78 is 0. The van der Waals surface area contributed by atoms with Gasteiger partial charge in [0, 0.05) is 0 Å². The predicted molar refractivity (Wildman–Crippen MR) is 43.2 cm³/mol. The van der Waals surface area contributed by atoms with Crippen molar-refractivity contribution >= 4 is 6.21 Å². The molecule has 0 heterocycles. The van der Waals surface area contributed by atoms with Crippen molar-refractivity contribution < 1.29 is 0 Å². The number of nitrogens with zero attached hydrogens (tertiary/aromatic N) is 1. The van der Waals surface area contributed by atoms with Gasteiger partial charge in [-0.2, -0.15) is 0 Å². The average molecular weight is 130 g/mol. The molecule has 0 bridgehead atoms. The Labute approximate surface area is 58.4 Å². The third-order valence-corrected chi connectivity index (χ3v) is 0.333. The Bertz CT molecular complexity index is 55.2. The first-order valence-corrected chi connectivity index (χ1v) is 3.12. The monoisotopic (exact) mass is 130 g/mol. The summed E-state index contributed by atoms with van der Waals surface area (Å²) in [6.07, 6.45) is 1.42. The highest BCUT2D eigenvalue weighted by Gasteiger charge is 1.75. The van der Waals surface area contributed by atoms with Crippen LogP contribution in [0.4, 0.5) is 0 Å². The van der Waals surface area contributed by atoms with E-state index in [-0.39, 0.29) is 0 Å². The summed E-state index contributed by atoms with van der Waals surface area (Å²) in [5.74, 6) is 0.426. The van der Waals surface area contributed by atoms with Gasteiger partial charge in [-0.3, -0.25) is 0 Å². The molecule has 0 aliphatic rings. The summed E-state index contributed by atoms with van der Waals surface area (Å²) in [4.78, 5) is 2.00. The van der Waals surface area contributed by atoms with Gasteiger partial charge in [0.2, 0.25) is 0 Å². The van der Waals surface area contributed by atoms with Crippen LogP contribution in [0.2, 0.25) is 0 Å². The van der Waals surface area contributed by atoms with Crippen LogP contribution in [0, 0.1) is 11.3 Å². The predicted octanol–water partition coefficient (Wildman–Crippen LogP) is 1.47. The lowest BCUT2D eigenvalue weighted by atomic mass is 10.3. The molecule has 0 rings (SSSR count). The molecule has 0 amide bonds. The molecule has 0 aromatic carbocycles. The molecule has 0 aromatic heterocycles. The van der Waals surface area contributed by atoms with Crippen molar-refractivity contribution in [2.75, 3.05) is 21.1 Å². The molecule has 56 valence electrons. The van der Waals surface area contributed by atoms with Crippen molar-refractivity contribution in [1.82, 2.24) is 4.90 Å². The van der Waals surface area contributed by atoms with Crippen LogP contribution in [0.1, 0.15) is 13.8 Å². The first-order chi connectivity index (χ1) is 4.00. The van der Waals surface area contributed by atoms with Gasteiger partial charge in [-0.25, -0.2) is 0 Å². The zero-order chi connectivity index (χ0) is 7.86. The van der Waals surface area contributed by atoms with E-state index in [2.05, 4.69) is 0 Å². The summed E-state index contributed by atoms with van der Waals surface area (Å²) in [6.45, 7) is 3.96. The van der Waals surface area contributed by atoms with Crippen LogP contribution in [0.5, 0.6) is 0 Å². The first-order valence-electron chi connectivity index (χ1n) is 3.12. The minimum absolute atomic E-state index is 0.426. The number of rotatable bonds is 1. The topological polar surface area (TPSA) is 27.1 Å². The number of hydrogen-bond donors (Lipinski definition) is 1. The normalized spacial score (nSPS) is 8.78. The molecule has 0 aromatic rings. The molecule has 9 heavy (non-hydrogen) atoms. The zero-order valence-electron chi connectivity index (χ0n) is 7.10. The molecular formula is C7H18N2. The Balaban J connectivity index is 0. The third kappa shape index (κ3) is 91.0. The van der Waals surface area contributed by atoms with Gasteiger partial charge in [-0.1, -0.05) is 13.8 Å². The van der Waals surface area contributed by atoms with Gasteiger partial charge < -0.3 is 10.3 Å². The minimum Gasteiger partial charge on any atom is -0.313 e. The van der Waals surface area contributed by atoms with Gasteiger partial charge >= 0.3 is 0 Å². The van der Waals surface area contributed by atoms with Gasteiger partial charge in [0.25, 0.3) is 0 Å². The van der Waals surface area contributed by atoms with E-state index in [0.29, 0.717) is 5.92 Å². The van der Waals surface area contributed by atoms with E-state index in [4.69, 9.17) is 5.41 Å². The summed E-state index contributed by atoms with van der Waals surface area (Å²) in [5.41, 5.74) is 0. The largest absolute Gasteiger partial charge is 0.313 e. The molecule has 0 spiro atoms. The molecule has 0 fully saturated rings. The lowest BCUT2D eigenvalue weighted by molar-refractivity contribution is 0.505. The molecule has 0 saturated carbocycles. The second kappa shape index (κ2) is 7.63. The van der Waals surface area contributed by atoms with Crippen LogP contribution in [-0.4, -0.2) is 32.3 Å². The maximum Gasteiger partial charge on any atom is -0.00223 e. The molecule has 2 heteroatoms. The fourth-order valence-electron chi connectivity index (χ4n) is 0. The second-order valence-corrected chi connectivity index (χ2v) is 2.75. The van der Waals surface area contributed by atoms with Crippen molar-refractivity contribution in [3.05, 3.63) is 0 Å². The van der Waals surface area contributed by atoms with E-state index in [1.54, 1.807) is 0 Å². The molecular weight excluding hydrogens is 112 g/mol. The first kappa shape index (κ1) is 11.4. The Morgan fingerprint density at radius 3 is 1.33 bits per heavy atom. The Kier molecular flexibility index (Phi) is 9.69. The van der Waals surface area contributed by atoms with Gasteiger partial charge in [-0.05, 0) is 33.3 Å². The van der Waals surface area contributed by atoms with Crippen LogP contribution in [0.25, 0.3) is 0 Å². The molecule has 0 atom stereocenters. The Morgan fingerprint density at radius 2 is 1.33 bits per heavy atom. The van der Waals surface area contributed by atoms with Crippen LogP contribution < -0.4 is 0 Å². The highest BCUT2D eigenvalue weighted by Crippen LogP contribution is 1.79. The number of nitrogens with one attached hydrogen (secondary N) is 1. The maximum absolute atomic E-state index is 6.53. The minimum atomic E-state index is 0.426. The van der Waals surface area contributed by atoms with E-state index in [1.807, 2.05) is 39.9 Å². The lowest BCUT2D eigenvalue weighted by Crippen LogP contribution is -1.99. The standard InChI is InChI=1S/C4H9N.C3H9N/c1-4(2)3-5;1-4(2)3/h3-5H,1-2H3;1-3H3. The van der Waals surface area contributed by atoms with Crippen LogP contribution in [0.15, 0.2) is 0 Å². The van der Waals surface area contributed by atoms with Crippen molar-refractivity contribution in [3.8, 4) is 0 Å². The quantitative estimate of drug-likeness (QED) is 0.535. The van der Waals surface area contributed by atoms with Gasteiger partial charge in [0.1, 0.15) is 0 Å². The fraction of sp³-hybridized carbons (Fsp3) is 0.857. The molecule has 0 aliphatic carbocycles. The molecule has 2 nitrogen and oxygen atoms in total. The highest BCUT2D eigenvalue weighted by molar-refractivity contribution is 5.55. The number of hydrogen-bond acceptors (Lipinski definition) is 2. The van der Waals surface area contributed by atoms with E-state index in [1.165, 1.54) is 6.21 Å². The molecule has 0 radical (unpaired) electrons. The second-order valence-electron chi connectivity index (χ2n) is 2.75. The van der Waals surface area contributed by atoms with Gasteiger partial charge in [-0.15, -0.1) is 0 Å². The van der Waals surface area contributed by atoms with Crippen molar-refractivity contribution in [2.45, 2.75) is 13.8 Å². The van der Waals surface area contributed by atoms with Crippen molar-refractivity contribution in [3.63, 3.8) is 0 Å². The summed E-state index contributed by atoms with van der Waals surface area (Å²) in [7, 11) is 6.00. The summed E-state index contributed by atoms with van der Waals surface area (Å²) in [6, 6.07) is 0. The van der Waals surface area contributed by atoms with Crippen LogP contribution in [0.3, 0.4) is 0 Å². The van der Waals surface area contributed by atoms with E-state index < -0.39 is 0 Å². The van der Waals surface area contributed by atoms with Gasteiger partial charge in [0.05, 0.1) is 0 Å².